The maximum Gasteiger partial charge on any atom is 0.472 e. The Labute approximate surface area is 317 Å². The van der Waals surface area contributed by atoms with Gasteiger partial charge in [-0.05, 0) is 70.6 Å². The van der Waals surface area contributed by atoms with Gasteiger partial charge in [-0.2, -0.15) is 0 Å². The Morgan fingerprint density at radius 3 is 1.67 bits per heavy atom. The molecule has 10 heteroatoms. The molecule has 0 aromatic heterocycles. The van der Waals surface area contributed by atoms with E-state index < -0.39 is 45.8 Å². The van der Waals surface area contributed by atoms with E-state index in [-0.39, 0.29) is 13.0 Å². The molecule has 0 bridgehead atoms. The molecular weight excluding hydrogens is 679 g/mol. The van der Waals surface area contributed by atoms with Crippen LogP contribution in [-0.4, -0.2) is 66.3 Å². The van der Waals surface area contributed by atoms with Gasteiger partial charge < -0.3 is 24.6 Å². The second-order valence-electron chi connectivity index (χ2n) is 13.6. The molecule has 9 nitrogen and oxygen atoms in total. The second-order valence-corrected chi connectivity index (χ2v) is 15.1. The van der Waals surface area contributed by atoms with Crippen LogP contribution in [-0.2, 0) is 27.9 Å². The summed E-state index contributed by atoms with van der Waals surface area (Å²) in [5, 5.41) is 18.3. The highest BCUT2D eigenvalue weighted by molar-refractivity contribution is 7.47. The fourth-order valence-electron chi connectivity index (χ4n) is 5.36. The summed E-state index contributed by atoms with van der Waals surface area (Å²) in [6, 6.07) is 0. The molecule has 3 unspecified atom stereocenters. The molecule has 0 aromatic rings. The predicted octanol–water partition coefficient (Wildman–Crippen LogP) is 11.0. The Morgan fingerprint density at radius 1 is 0.615 bits per heavy atom. The van der Waals surface area contributed by atoms with Gasteiger partial charge in [0.25, 0.3) is 0 Å². The Balaban J connectivity index is 4.21. The zero-order valence-corrected chi connectivity index (χ0v) is 33.9. The summed E-state index contributed by atoms with van der Waals surface area (Å²) in [4.78, 5) is 22.5. The minimum absolute atomic E-state index is 0.0343. The lowest BCUT2D eigenvalue weighted by atomic mass is 10.1. The summed E-state index contributed by atoms with van der Waals surface area (Å²) in [5.41, 5.74) is 0. The lowest BCUT2D eigenvalue weighted by molar-refractivity contribution is -0.154. The number of hydrogen-bond acceptors (Lipinski definition) is 8. The van der Waals surface area contributed by atoms with Gasteiger partial charge in [0, 0.05) is 13.0 Å². The fraction of sp³-hybridized carbons (Fsp3) is 0.786. The number of phosphoric ester groups is 1. The topological polar surface area (TPSA) is 132 Å². The number of rotatable bonds is 39. The van der Waals surface area contributed by atoms with Crippen molar-refractivity contribution in [3.05, 3.63) is 48.6 Å². The SMILES string of the molecule is CC/C=C\C/C=C\C/C=C\CCCCCC(=O)OC(COCCCCCCCCCC/C=C\CCCCCCCC)COP(=O)(O)OCC(O)CO. The number of hydrogen-bond donors (Lipinski definition) is 3. The number of phosphoric acid groups is 1. The van der Waals surface area contributed by atoms with Crippen LogP contribution >= 0.6 is 7.82 Å². The van der Waals surface area contributed by atoms with Gasteiger partial charge in [-0.15, -0.1) is 0 Å². The van der Waals surface area contributed by atoms with Crippen molar-refractivity contribution in [3.63, 3.8) is 0 Å². The third-order valence-corrected chi connectivity index (χ3v) is 9.45. The van der Waals surface area contributed by atoms with Crippen LogP contribution in [0.5, 0.6) is 0 Å². The van der Waals surface area contributed by atoms with Crippen LogP contribution in [0, 0.1) is 0 Å². The number of carbonyl (C=O) groups is 1. The molecule has 0 aliphatic heterocycles. The average molecular weight is 757 g/mol. The number of carbonyl (C=O) groups excluding carboxylic acids is 1. The number of aliphatic hydroxyl groups is 2. The van der Waals surface area contributed by atoms with E-state index in [1.807, 2.05) is 0 Å². The van der Waals surface area contributed by atoms with Crippen molar-refractivity contribution in [2.75, 3.05) is 33.0 Å². The van der Waals surface area contributed by atoms with Gasteiger partial charge in [0.05, 0.1) is 26.4 Å². The van der Waals surface area contributed by atoms with E-state index in [0.29, 0.717) is 13.0 Å². The van der Waals surface area contributed by atoms with E-state index in [9.17, 15) is 19.4 Å². The lowest BCUT2D eigenvalue weighted by Gasteiger charge is -2.20. The van der Waals surface area contributed by atoms with Crippen molar-refractivity contribution < 1.29 is 43.0 Å². The molecule has 52 heavy (non-hydrogen) atoms. The van der Waals surface area contributed by atoms with E-state index in [1.54, 1.807) is 0 Å². The molecule has 0 spiro atoms. The largest absolute Gasteiger partial charge is 0.472 e. The second kappa shape index (κ2) is 39.1. The first kappa shape index (κ1) is 50.4. The molecule has 0 saturated carbocycles. The summed E-state index contributed by atoms with van der Waals surface area (Å²) >= 11 is 0. The van der Waals surface area contributed by atoms with Crippen molar-refractivity contribution in [2.45, 2.75) is 180 Å². The molecule has 0 aliphatic carbocycles. The Hall–Kier alpha value is -1.58. The van der Waals surface area contributed by atoms with Crippen molar-refractivity contribution in [3.8, 4) is 0 Å². The first-order valence-corrected chi connectivity index (χ1v) is 22.1. The Morgan fingerprint density at radius 2 is 1.10 bits per heavy atom. The number of aliphatic hydroxyl groups excluding tert-OH is 2. The standard InChI is InChI=1S/C42H77O9P/c1-3-5-7-9-11-13-15-17-18-19-20-21-23-25-27-29-31-33-35-48-38-41(39-50-52(46,47)49-37-40(44)36-43)51-42(45)34-32-30-28-26-24-22-16-14-12-10-8-6-4-2/h6,8,12,14,17-18,22,24,40-41,43-44H,3-5,7,9-11,13,15-16,19-21,23,25-39H2,1-2H3,(H,46,47)/b8-6-,14-12-,18-17-,24-22-. The fourth-order valence-corrected chi connectivity index (χ4v) is 6.15. The zero-order chi connectivity index (χ0) is 38.2. The molecule has 0 saturated heterocycles. The molecule has 0 aromatic carbocycles. The highest BCUT2D eigenvalue weighted by atomic mass is 31.2. The minimum atomic E-state index is -4.52. The van der Waals surface area contributed by atoms with Crippen molar-refractivity contribution >= 4 is 13.8 Å². The highest BCUT2D eigenvalue weighted by Gasteiger charge is 2.26. The third kappa shape index (κ3) is 38.2. The summed E-state index contributed by atoms with van der Waals surface area (Å²) < 4.78 is 33.3. The number of unbranched alkanes of at least 4 members (excludes halogenated alkanes) is 17. The summed E-state index contributed by atoms with van der Waals surface area (Å²) in [5.74, 6) is -0.413. The highest BCUT2D eigenvalue weighted by Crippen LogP contribution is 2.43. The van der Waals surface area contributed by atoms with Crippen LogP contribution in [0.1, 0.15) is 168 Å². The number of allylic oxidation sites excluding steroid dienone is 8. The third-order valence-electron chi connectivity index (χ3n) is 8.50. The van der Waals surface area contributed by atoms with E-state index in [1.165, 1.54) is 83.5 Å². The number of ether oxygens (including phenoxy) is 2. The van der Waals surface area contributed by atoms with Crippen LogP contribution in [0.3, 0.4) is 0 Å². The first-order valence-electron chi connectivity index (χ1n) is 20.6. The molecule has 0 radical (unpaired) electrons. The summed E-state index contributed by atoms with van der Waals surface area (Å²) in [7, 11) is -4.52. The van der Waals surface area contributed by atoms with E-state index in [0.717, 1.165) is 57.8 Å². The molecular formula is C42H77O9P. The molecule has 0 rings (SSSR count). The minimum Gasteiger partial charge on any atom is -0.457 e. The van der Waals surface area contributed by atoms with Gasteiger partial charge in [-0.1, -0.05) is 140 Å². The number of esters is 1. The maximum absolute atomic E-state index is 12.6. The van der Waals surface area contributed by atoms with Gasteiger partial charge in [-0.25, -0.2) is 4.57 Å². The Kier molecular flexibility index (Phi) is 37.9. The van der Waals surface area contributed by atoms with Crippen LogP contribution in [0.25, 0.3) is 0 Å². The molecule has 3 atom stereocenters. The maximum atomic E-state index is 12.6. The smallest absolute Gasteiger partial charge is 0.457 e. The van der Waals surface area contributed by atoms with Crippen molar-refractivity contribution in [1.29, 1.82) is 0 Å². The zero-order valence-electron chi connectivity index (χ0n) is 33.0. The molecule has 0 heterocycles. The van der Waals surface area contributed by atoms with Crippen LogP contribution < -0.4 is 0 Å². The van der Waals surface area contributed by atoms with E-state index in [4.69, 9.17) is 23.6 Å². The molecule has 3 N–H and O–H groups in total. The van der Waals surface area contributed by atoms with Crippen LogP contribution in [0.15, 0.2) is 48.6 Å². The molecule has 0 fully saturated rings. The van der Waals surface area contributed by atoms with Crippen molar-refractivity contribution in [1.82, 2.24) is 0 Å². The Bertz CT molecular complexity index is 950. The van der Waals surface area contributed by atoms with Gasteiger partial charge in [0.2, 0.25) is 0 Å². The molecule has 0 amide bonds. The normalized spacial score (nSPS) is 14.6. The quantitative estimate of drug-likeness (QED) is 0.0243. The van der Waals surface area contributed by atoms with Crippen molar-refractivity contribution in [2.24, 2.45) is 0 Å². The van der Waals surface area contributed by atoms with Crippen LogP contribution in [0.2, 0.25) is 0 Å². The average Bonchev–Trinajstić information content (AvgIpc) is 3.13. The van der Waals surface area contributed by atoms with Crippen LogP contribution in [0.4, 0.5) is 0 Å². The summed E-state index contributed by atoms with van der Waals surface area (Å²) in [6.45, 7) is 3.34. The van der Waals surface area contributed by atoms with Gasteiger partial charge in [-0.3, -0.25) is 13.8 Å². The van der Waals surface area contributed by atoms with Gasteiger partial charge in [0.1, 0.15) is 12.2 Å². The predicted molar refractivity (Wildman–Crippen MR) is 214 cm³/mol. The first-order chi connectivity index (χ1) is 25.3. The molecule has 304 valence electrons. The summed E-state index contributed by atoms with van der Waals surface area (Å²) in [6.07, 6.45) is 42.2. The monoisotopic (exact) mass is 757 g/mol. The van der Waals surface area contributed by atoms with Gasteiger partial charge in [0.15, 0.2) is 0 Å². The van der Waals surface area contributed by atoms with E-state index >= 15 is 0 Å². The van der Waals surface area contributed by atoms with Gasteiger partial charge >= 0.3 is 13.8 Å². The van der Waals surface area contributed by atoms with E-state index in [2.05, 4.69) is 62.5 Å². The lowest BCUT2D eigenvalue weighted by Crippen LogP contribution is -2.29. The molecule has 0 aliphatic rings.